The molecule has 0 unspecified atom stereocenters. The summed E-state index contributed by atoms with van der Waals surface area (Å²) >= 11 is 0. The average molecular weight is 373 g/mol. The van der Waals surface area contributed by atoms with E-state index in [-0.39, 0.29) is 0 Å². The first kappa shape index (κ1) is 16.1. The molecule has 0 atom stereocenters. The average Bonchev–Trinajstić information content (AvgIpc) is 3.37. The molecule has 29 heavy (non-hydrogen) atoms. The van der Waals surface area contributed by atoms with E-state index in [0.29, 0.717) is 5.96 Å². The molecule has 2 aliphatic carbocycles. The molecule has 0 saturated heterocycles. The van der Waals surface area contributed by atoms with Gasteiger partial charge in [0.05, 0.1) is 5.69 Å². The number of hydrogen-bond acceptors (Lipinski definition) is 1. The first-order chi connectivity index (χ1) is 14.2. The molecular weight excluding hydrogens is 354 g/mol. The van der Waals surface area contributed by atoms with Gasteiger partial charge >= 0.3 is 0 Å². The van der Waals surface area contributed by atoms with Crippen LogP contribution in [0.3, 0.4) is 0 Å². The van der Waals surface area contributed by atoms with Crippen LogP contribution in [0.25, 0.3) is 45.8 Å². The van der Waals surface area contributed by atoms with E-state index in [9.17, 15) is 0 Å². The molecule has 0 saturated carbocycles. The summed E-state index contributed by atoms with van der Waals surface area (Å²) in [6.07, 6.45) is 8.61. The number of anilines is 2. The summed E-state index contributed by atoms with van der Waals surface area (Å²) in [5.74, 6) is 0.352. The zero-order valence-electron chi connectivity index (χ0n) is 16.0. The monoisotopic (exact) mass is 373 g/mol. The molecule has 0 amide bonds. The molecule has 0 heterocycles. The Bertz CT molecular complexity index is 1400. The smallest absolute Gasteiger partial charge is 0.199 e. The predicted molar refractivity (Wildman–Crippen MR) is 126 cm³/mol. The van der Waals surface area contributed by atoms with E-state index in [2.05, 4.69) is 90.3 Å². The number of benzene rings is 4. The maximum atomic E-state index is 8.74. The van der Waals surface area contributed by atoms with E-state index >= 15 is 0 Å². The molecule has 2 aliphatic rings. The van der Waals surface area contributed by atoms with Crippen molar-refractivity contribution in [2.45, 2.75) is 0 Å². The Morgan fingerprint density at radius 1 is 0.759 bits per heavy atom. The Labute approximate surface area is 169 Å². The highest BCUT2D eigenvalue weighted by Crippen LogP contribution is 2.38. The first-order valence-electron chi connectivity index (χ1n) is 9.78. The second-order valence-corrected chi connectivity index (χ2v) is 7.62. The van der Waals surface area contributed by atoms with Gasteiger partial charge in [-0.15, -0.1) is 0 Å². The van der Waals surface area contributed by atoms with Crippen molar-refractivity contribution < 1.29 is 0 Å². The molecular formula is C26H19N3. The minimum atomic E-state index is 0.352. The predicted octanol–water partition coefficient (Wildman–Crippen LogP) is 6.44. The Kier molecular flexibility index (Phi) is 3.24. The van der Waals surface area contributed by atoms with E-state index in [1.165, 1.54) is 38.4 Å². The maximum absolute atomic E-state index is 8.74. The molecule has 3 nitrogen and oxygen atoms in total. The number of guanidine groups is 1. The fourth-order valence-electron chi connectivity index (χ4n) is 4.56. The minimum absolute atomic E-state index is 0.352. The van der Waals surface area contributed by atoms with Gasteiger partial charge in [-0.05, 0) is 45.0 Å². The Morgan fingerprint density at radius 3 is 2.34 bits per heavy atom. The third-order valence-electron chi connectivity index (χ3n) is 6.02. The van der Waals surface area contributed by atoms with Crippen molar-refractivity contribution in [3.8, 4) is 0 Å². The summed E-state index contributed by atoms with van der Waals surface area (Å²) in [4.78, 5) is 1.92. The molecule has 6 rings (SSSR count). The van der Waals surface area contributed by atoms with Crippen LogP contribution in [-0.4, -0.2) is 13.0 Å². The lowest BCUT2D eigenvalue weighted by molar-refractivity contribution is 1.22. The first-order valence-corrected chi connectivity index (χ1v) is 9.78. The zero-order valence-corrected chi connectivity index (χ0v) is 16.0. The van der Waals surface area contributed by atoms with Crippen LogP contribution in [0.5, 0.6) is 0 Å². The van der Waals surface area contributed by atoms with Gasteiger partial charge in [-0.3, -0.25) is 5.41 Å². The van der Waals surface area contributed by atoms with Crippen molar-refractivity contribution in [3.05, 3.63) is 82.9 Å². The number of nitrogens with zero attached hydrogens (tertiary/aromatic N) is 1. The lowest BCUT2D eigenvalue weighted by Crippen LogP contribution is -2.32. The molecule has 4 aromatic carbocycles. The Hall–Kier alpha value is -3.85. The van der Waals surface area contributed by atoms with Crippen LogP contribution in [-0.2, 0) is 0 Å². The molecule has 0 radical (unpaired) electrons. The number of nitrogens with one attached hydrogen (secondary N) is 2. The van der Waals surface area contributed by atoms with Gasteiger partial charge in [0.25, 0.3) is 0 Å². The summed E-state index contributed by atoms with van der Waals surface area (Å²) in [6, 6.07) is 21.1. The van der Waals surface area contributed by atoms with Crippen molar-refractivity contribution in [3.63, 3.8) is 0 Å². The fraction of sp³-hybridized carbons (Fsp3) is 0.0385. The molecule has 0 aliphatic heterocycles. The van der Waals surface area contributed by atoms with Crippen molar-refractivity contribution >= 4 is 63.2 Å². The molecule has 0 bridgehead atoms. The number of hydrogen-bond donors (Lipinski definition) is 2. The quantitative estimate of drug-likeness (QED) is 0.271. The molecule has 138 valence electrons. The Morgan fingerprint density at radius 2 is 1.48 bits per heavy atom. The van der Waals surface area contributed by atoms with E-state index in [1.807, 2.05) is 11.9 Å². The highest BCUT2D eigenvalue weighted by atomic mass is 15.3. The van der Waals surface area contributed by atoms with Gasteiger partial charge in [0.2, 0.25) is 0 Å². The molecule has 2 N–H and O–H groups in total. The van der Waals surface area contributed by atoms with E-state index in [0.717, 1.165) is 16.8 Å². The lowest BCUT2D eigenvalue weighted by atomic mass is 10.0. The zero-order chi connectivity index (χ0) is 19.5. The standard InChI is InChI=1S/C26H19N3/c1-29(23-15-12-18-5-2-4-17-10-13-21(23)25(17)18)26(27)28-22-14-11-19-9-8-16-6-3-7-20(22)24(16)19/h2-15H,1H3,(H2,27,28). The Balaban J connectivity index is 1.38. The summed E-state index contributed by atoms with van der Waals surface area (Å²) in [5, 5.41) is 17.0. The van der Waals surface area contributed by atoms with Crippen molar-refractivity contribution in [1.29, 1.82) is 5.41 Å². The van der Waals surface area contributed by atoms with E-state index < -0.39 is 0 Å². The third kappa shape index (κ3) is 2.28. The van der Waals surface area contributed by atoms with Crippen molar-refractivity contribution in [2.75, 3.05) is 17.3 Å². The van der Waals surface area contributed by atoms with Crippen LogP contribution in [0.2, 0.25) is 0 Å². The van der Waals surface area contributed by atoms with Crippen LogP contribution in [0.1, 0.15) is 22.3 Å². The summed E-state index contributed by atoms with van der Waals surface area (Å²) in [6.45, 7) is 0. The summed E-state index contributed by atoms with van der Waals surface area (Å²) in [7, 11) is 1.95. The van der Waals surface area contributed by atoms with Gasteiger partial charge in [0.15, 0.2) is 5.96 Å². The summed E-state index contributed by atoms with van der Waals surface area (Å²) in [5.41, 5.74) is 6.88. The van der Waals surface area contributed by atoms with Crippen LogP contribution >= 0.6 is 0 Å². The van der Waals surface area contributed by atoms with Gasteiger partial charge in [0, 0.05) is 23.7 Å². The van der Waals surface area contributed by atoms with Crippen molar-refractivity contribution in [2.24, 2.45) is 0 Å². The van der Waals surface area contributed by atoms with Gasteiger partial charge in [0.1, 0.15) is 0 Å². The van der Waals surface area contributed by atoms with Crippen LogP contribution in [0.4, 0.5) is 11.4 Å². The van der Waals surface area contributed by atoms with Gasteiger partial charge in [-0.25, -0.2) is 0 Å². The van der Waals surface area contributed by atoms with Crippen LogP contribution < -0.4 is 10.2 Å². The molecule has 0 fully saturated rings. The second kappa shape index (κ2) is 5.82. The maximum Gasteiger partial charge on any atom is 0.199 e. The normalized spacial score (nSPS) is 12.9. The molecule has 0 aromatic heterocycles. The highest BCUT2D eigenvalue weighted by molar-refractivity contribution is 6.16. The fourth-order valence-corrected chi connectivity index (χ4v) is 4.56. The van der Waals surface area contributed by atoms with E-state index in [4.69, 9.17) is 5.41 Å². The third-order valence-corrected chi connectivity index (χ3v) is 6.02. The molecule has 0 spiro atoms. The molecule has 3 heteroatoms. The minimum Gasteiger partial charge on any atom is -0.326 e. The molecule has 4 aromatic rings. The van der Waals surface area contributed by atoms with Crippen molar-refractivity contribution in [1.82, 2.24) is 0 Å². The van der Waals surface area contributed by atoms with Gasteiger partial charge in [-0.2, -0.15) is 0 Å². The largest absolute Gasteiger partial charge is 0.326 e. The topological polar surface area (TPSA) is 39.1 Å². The van der Waals surface area contributed by atoms with Crippen LogP contribution in [0.15, 0.2) is 60.7 Å². The van der Waals surface area contributed by atoms with E-state index in [1.54, 1.807) is 0 Å². The van der Waals surface area contributed by atoms with Gasteiger partial charge < -0.3 is 10.2 Å². The summed E-state index contributed by atoms with van der Waals surface area (Å²) < 4.78 is 0. The highest BCUT2D eigenvalue weighted by Gasteiger charge is 2.18. The van der Waals surface area contributed by atoms with Gasteiger partial charge in [-0.1, -0.05) is 72.8 Å². The SMILES string of the molecule is CN(C(=N)Nc1ccc2c3c(cccc13)C=C2)c1ccc2cccc3c2c1C=C3. The lowest BCUT2D eigenvalue weighted by Gasteiger charge is -2.24. The number of rotatable bonds is 2. The van der Waals surface area contributed by atoms with Crippen LogP contribution in [0, 0.1) is 5.41 Å². The second-order valence-electron chi connectivity index (χ2n) is 7.62.